The van der Waals surface area contributed by atoms with E-state index >= 15 is 0 Å². The van der Waals surface area contributed by atoms with Crippen LogP contribution in [0.3, 0.4) is 0 Å². The van der Waals surface area contributed by atoms with E-state index in [1.54, 1.807) is 0 Å². The zero-order valence-electron chi connectivity index (χ0n) is 19.1. The molecule has 1 N–H and O–H groups in total. The van der Waals surface area contributed by atoms with Crippen molar-refractivity contribution in [1.82, 2.24) is 4.98 Å². The highest BCUT2D eigenvalue weighted by molar-refractivity contribution is 7.92. The number of benzene rings is 2. The Balaban J connectivity index is 1.82. The third-order valence-electron chi connectivity index (χ3n) is 5.72. The molecule has 14 heteroatoms. The van der Waals surface area contributed by atoms with Crippen molar-refractivity contribution in [2.75, 3.05) is 10.8 Å². The molecule has 7 nitrogen and oxygen atoms in total. The highest BCUT2D eigenvalue weighted by Crippen LogP contribution is 2.42. The van der Waals surface area contributed by atoms with Crippen molar-refractivity contribution in [1.29, 1.82) is 0 Å². The number of pyridine rings is 1. The van der Waals surface area contributed by atoms with Crippen molar-refractivity contribution in [3.05, 3.63) is 72.1 Å². The van der Waals surface area contributed by atoms with Gasteiger partial charge in [-0.1, -0.05) is 12.1 Å². The number of fused-ring (bicyclic) bond motifs is 1. The molecule has 2 aromatic carbocycles. The number of ether oxygens (including phenoxy) is 1. The van der Waals surface area contributed by atoms with Crippen molar-refractivity contribution in [2.45, 2.75) is 36.2 Å². The normalized spacial score (nSPS) is 16.1. The summed E-state index contributed by atoms with van der Waals surface area (Å²) in [6, 6.07) is 7.80. The van der Waals surface area contributed by atoms with Gasteiger partial charge in [-0.2, -0.15) is 26.3 Å². The summed E-state index contributed by atoms with van der Waals surface area (Å²) in [6.07, 6.45) is -9.17. The fourth-order valence-electron chi connectivity index (χ4n) is 3.87. The van der Waals surface area contributed by atoms with Crippen LogP contribution in [0.2, 0.25) is 0 Å². The number of halogens is 6. The summed E-state index contributed by atoms with van der Waals surface area (Å²) < 4.78 is 113. The molecule has 0 amide bonds. The molecule has 38 heavy (non-hydrogen) atoms. The van der Waals surface area contributed by atoms with Gasteiger partial charge in [-0.25, -0.2) is 8.42 Å². The molecule has 3 aromatic rings. The molecule has 0 saturated heterocycles. The molecular weight excluding hydrogens is 542 g/mol. The Labute approximate surface area is 212 Å². The minimum Gasteiger partial charge on any atom is -0.486 e. The summed E-state index contributed by atoms with van der Waals surface area (Å²) in [4.78, 5) is 14.0. The number of rotatable bonds is 6. The number of aliphatic carboxylic acids is 1. The van der Waals surface area contributed by atoms with E-state index in [9.17, 15) is 39.6 Å². The summed E-state index contributed by atoms with van der Waals surface area (Å²) in [5, 5.41) is 9.01. The standard InChI is InChI=1S/C24H18F6N2O5S/c25-23(26,27)16-2-1-3-19(10-16)38(35,36)32-13-18(5-7-22(33)34)37-21-6-4-14(9-20(21)32)15-8-17(12-31-11-15)24(28,29)30/h1-4,6,8-12,18H,5,7,13H2,(H,33,34)/t18-/m0/s1. The van der Waals surface area contributed by atoms with Crippen LogP contribution in [-0.4, -0.2) is 37.1 Å². The van der Waals surface area contributed by atoms with Crippen LogP contribution in [0.5, 0.6) is 5.75 Å². The van der Waals surface area contributed by atoms with E-state index in [1.807, 2.05) is 0 Å². The molecule has 2 heterocycles. The molecule has 0 bridgehead atoms. The second-order valence-electron chi connectivity index (χ2n) is 8.38. The van der Waals surface area contributed by atoms with Crippen LogP contribution in [0.15, 0.2) is 65.8 Å². The number of hydrogen-bond acceptors (Lipinski definition) is 5. The molecule has 1 aliphatic rings. The van der Waals surface area contributed by atoms with E-state index in [0.717, 1.165) is 28.7 Å². The average Bonchev–Trinajstić information content (AvgIpc) is 2.85. The quantitative estimate of drug-likeness (QED) is 0.394. The van der Waals surface area contributed by atoms with Crippen molar-refractivity contribution < 1.29 is 49.4 Å². The molecular formula is C24H18F6N2O5S. The van der Waals surface area contributed by atoms with E-state index in [4.69, 9.17) is 9.84 Å². The summed E-state index contributed by atoms with van der Waals surface area (Å²) in [6.45, 7) is -0.441. The second-order valence-corrected chi connectivity index (χ2v) is 10.2. The number of carboxylic acid groups (broad SMARTS) is 1. The van der Waals surface area contributed by atoms with Crippen LogP contribution in [0.4, 0.5) is 32.0 Å². The first-order chi connectivity index (χ1) is 17.7. The number of hydrogen-bond donors (Lipinski definition) is 1. The molecule has 0 radical (unpaired) electrons. The molecule has 1 aromatic heterocycles. The number of carboxylic acids is 1. The van der Waals surface area contributed by atoms with Gasteiger partial charge in [0.05, 0.1) is 28.3 Å². The van der Waals surface area contributed by atoms with Gasteiger partial charge < -0.3 is 9.84 Å². The molecule has 1 atom stereocenters. The first-order valence-corrected chi connectivity index (χ1v) is 12.4. The maximum atomic E-state index is 13.6. The maximum Gasteiger partial charge on any atom is 0.417 e. The zero-order valence-corrected chi connectivity index (χ0v) is 19.9. The largest absolute Gasteiger partial charge is 0.486 e. The predicted molar refractivity (Wildman–Crippen MR) is 122 cm³/mol. The van der Waals surface area contributed by atoms with Gasteiger partial charge in [-0.3, -0.25) is 14.1 Å². The predicted octanol–water partition coefficient (Wildman–Crippen LogP) is 5.61. The number of anilines is 1. The molecule has 0 aliphatic carbocycles. The molecule has 4 rings (SSSR count). The lowest BCUT2D eigenvalue weighted by molar-refractivity contribution is -0.138. The minimum atomic E-state index is -4.82. The fraction of sp³-hybridized carbons (Fsp3) is 0.250. The molecule has 0 fully saturated rings. The van der Waals surface area contributed by atoms with Crippen LogP contribution in [0, 0.1) is 0 Å². The van der Waals surface area contributed by atoms with Gasteiger partial charge in [0.1, 0.15) is 11.9 Å². The Morgan fingerprint density at radius 2 is 1.68 bits per heavy atom. The smallest absolute Gasteiger partial charge is 0.417 e. The van der Waals surface area contributed by atoms with Crippen LogP contribution in [-0.2, 0) is 27.2 Å². The van der Waals surface area contributed by atoms with Gasteiger partial charge in [0.2, 0.25) is 0 Å². The van der Waals surface area contributed by atoms with E-state index < -0.39 is 57.0 Å². The topological polar surface area (TPSA) is 96.8 Å². The van der Waals surface area contributed by atoms with E-state index in [2.05, 4.69) is 4.98 Å². The summed E-state index contributed by atoms with van der Waals surface area (Å²) in [7, 11) is -4.65. The number of alkyl halides is 6. The van der Waals surface area contributed by atoms with E-state index in [1.165, 1.54) is 18.2 Å². The highest BCUT2D eigenvalue weighted by Gasteiger charge is 2.37. The van der Waals surface area contributed by atoms with Crippen molar-refractivity contribution in [3.63, 3.8) is 0 Å². The zero-order chi connectivity index (χ0) is 27.9. The van der Waals surface area contributed by atoms with Crippen LogP contribution in [0.25, 0.3) is 11.1 Å². The van der Waals surface area contributed by atoms with Gasteiger partial charge in [0.15, 0.2) is 0 Å². The van der Waals surface area contributed by atoms with Gasteiger partial charge in [0.25, 0.3) is 10.0 Å². The lowest BCUT2D eigenvalue weighted by atomic mass is 10.0. The van der Waals surface area contributed by atoms with Gasteiger partial charge in [-0.05, 0) is 48.4 Å². The Morgan fingerprint density at radius 3 is 2.34 bits per heavy atom. The van der Waals surface area contributed by atoms with Crippen LogP contribution < -0.4 is 9.04 Å². The minimum absolute atomic E-state index is 0.00652. The number of carbonyl (C=O) groups is 1. The van der Waals surface area contributed by atoms with Gasteiger partial charge in [0, 0.05) is 24.4 Å². The second kappa shape index (κ2) is 9.82. The molecule has 0 unspecified atom stereocenters. The molecule has 0 spiro atoms. The average molecular weight is 560 g/mol. The summed E-state index contributed by atoms with van der Waals surface area (Å²) >= 11 is 0. The first-order valence-electron chi connectivity index (χ1n) is 10.9. The lowest BCUT2D eigenvalue weighted by Crippen LogP contribution is -2.43. The van der Waals surface area contributed by atoms with Crippen molar-refractivity contribution >= 4 is 21.7 Å². The van der Waals surface area contributed by atoms with Crippen LogP contribution >= 0.6 is 0 Å². The molecule has 0 saturated carbocycles. The van der Waals surface area contributed by atoms with E-state index in [0.29, 0.717) is 18.3 Å². The summed E-state index contributed by atoms with van der Waals surface area (Å²) in [5.41, 5.74) is -2.22. The maximum absolute atomic E-state index is 13.6. The Hall–Kier alpha value is -3.81. The molecule has 1 aliphatic heterocycles. The SMILES string of the molecule is O=C(O)CC[C@H]1CN(S(=O)(=O)c2cccc(C(F)(F)F)c2)c2cc(-c3cncc(C(F)(F)F)c3)ccc2O1. The number of sulfonamides is 1. The fourth-order valence-corrected chi connectivity index (χ4v) is 5.41. The van der Waals surface area contributed by atoms with E-state index in [-0.39, 0.29) is 35.4 Å². The van der Waals surface area contributed by atoms with Crippen molar-refractivity contribution in [3.8, 4) is 16.9 Å². The lowest BCUT2D eigenvalue weighted by Gasteiger charge is -2.35. The summed E-state index contributed by atoms with van der Waals surface area (Å²) in [5.74, 6) is -1.20. The van der Waals surface area contributed by atoms with Crippen molar-refractivity contribution in [2.24, 2.45) is 0 Å². The Bertz CT molecular complexity index is 1470. The van der Waals surface area contributed by atoms with Gasteiger partial charge >= 0.3 is 18.3 Å². The highest BCUT2D eigenvalue weighted by atomic mass is 32.2. The number of nitrogens with zero attached hydrogens (tertiary/aromatic N) is 2. The number of aromatic nitrogens is 1. The Kier molecular flexibility index (Phi) is 7.03. The third-order valence-corrected chi connectivity index (χ3v) is 7.49. The first kappa shape index (κ1) is 27.2. The third kappa shape index (κ3) is 5.69. The molecule has 202 valence electrons. The van der Waals surface area contributed by atoms with Gasteiger partial charge in [-0.15, -0.1) is 0 Å². The monoisotopic (exact) mass is 560 g/mol. The Morgan fingerprint density at radius 1 is 0.974 bits per heavy atom. The van der Waals surface area contributed by atoms with Crippen LogP contribution in [0.1, 0.15) is 24.0 Å².